The van der Waals surface area contributed by atoms with Crippen molar-refractivity contribution >= 4 is 5.91 Å². The number of amides is 1. The van der Waals surface area contributed by atoms with E-state index < -0.39 is 0 Å². The second-order valence-corrected chi connectivity index (χ2v) is 4.72. The van der Waals surface area contributed by atoms with Crippen LogP contribution in [0.4, 0.5) is 0 Å². The predicted octanol–water partition coefficient (Wildman–Crippen LogP) is 1.27. The molecule has 0 radical (unpaired) electrons. The van der Waals surface area contributed by atoms with Crippen LogP contribution in [0.1, 0.15) is 16.7 Å². The van der Waals surface area contributed by atoms with Crippen molar-refractivity contribution < 1.29 is 9.53 Å². The summed E-state index contributed by atoms with van der Waals surface area (Å²) >= 11 is 0. The van der Waals surface area contributed by atoms with Gasteiger partial charge in [-0.25, -0.2) is 0 Å². The zero-order valence-corrected chi connectivity index (χ0v) is 11.6. The molecule has 100 valence electrons. The summed E-state index contributed by atoms with van der Waals surface area (Å²) in [6.45, 7) is 5.20. The van der Waals surface area contributed by atoms with Gasteiger partial charge in [-0.05, 0) is 44.0 Å². The molecule has 0 fully saturated rings. The van der Waals surface area contributed by atoms with Crippen molar-refractivity contribution in [2.75, 3.05) is 27.2 Å². The summed E-state index contributed by atoms with van der Waals surface area (Å²) in [6.07, 6.45) is 0.898. The molecule has 0 bridgehead atoms. The van der Waals surface area contributed by atoms with Gasteiger partial charge in [0.2, 0.25) is 5.91 Å². The van der Waals surface area contributed by atoms with Gasteiger partial charge >= 0.3 is 0 Å². The highest BCUT2D eigenvalue weighted by atomic mass is 16.5. The Hall–Kier alpha value is -1.55. The molecule has 0 atom stereocenters. The molecular formula is C14H22N2O2. The fraction of sp³-hybridized carbons (Fsp3) is 0.500. The van der Waals surface area contributed by atoms with E-state index in [4.69, 9.17) is 10.5 Å². The number of rotatable bonds is 6. The van der Waals surface area contributed by atoms with Gasteiger partial charge in [-0.3, -0.25) is 9.69 Å². The lowest BCUT2D eigenvalue weighted by atomic mass is 10.0. The first-order valence-corrected chi connectivity index (χ1v) is 6.05. The highest BCUT2D eigenvalue weighted by Gasteiger charge is 2.07. The molecule has 0 unspecified atom stereocenters. The van der Waals surface area contributed by atoms with E-state index in [0.29, 0.717) is 6.54 Å². The van der Waals surface area contributed by atoms with E-state index in [2.05, 4.69) is 12.1 Å². The van der Waals surface area contributed by atoms with Gasteiger partial charge in [0.15, 0.2) is 0 Å². The number of carbonyl (C=O) groups is 1. The number of hydrogen-bond donors (Lipinski definition) is 1. The first-order valence-electron chi connectivity index (χ1n) is 6.05. The third-order valence-corrected chi connectivity index (χ3v) is 2.93. The molecule has 4 nitrogen and oxygen atoms in total. The molecule has 0 aromatic heterocycles. The number of ether oxygens (including phenoxy) is 1. The Balaban J connectivity index is 2.66. The lowest BCUT2D eigenvalue weighted by molar-refractivity contribution is -0.118. The van der Waals surface area contributed by atoms with Crippen molar-refractivity contribution in [1.29, 1.82) is 0 Å². The number of nitrogens with zero attached hydrogens (tertiary/aromatic N) is 1. The van der Waals surface area contributed by atoms with Crippen molar-refractivity contribution in [3.8, 4) is 5.75 Å². The third kappa shape index (κ3) is 4.04. The fourth-order valence-electron chi connectivity index (χ4n) is 2.17. The van der Waals surface area contributed by atoms with Gasteiger partial charge in [0.05, 0.1) is 13.7 Å². The number of likely N-dealkylation sites (N-methyl/N-ethyl adjacent to an activating group) is 1. The summed E-state index contributed by atoms with van der Waals surface area (Å²) in [7, 11) is 3.59. The topological polar surface area (TPSA) is 55.6 Å². The van der Waals surface area contributed by atoms with Gasteiger partial charge in [0, 0.05) is 6.54 Å². The smallest absolute Gasteiger partial charge is 0.231 e. The quantitative estimate of drug-likeness (QED) is 0.827. The van der Waals surface area contributed by atoms with Gasteiger partial charge in [-0.15, -0.1) is 0 Å². The summed E-state index contributed by atoms with van der Waals surface area (Å²) in [6, 6.07) is 4.26. The highest BCUT2D eigenvalue weighted by molar-refractivity contribution is 5.75. The minimum atomic E-state index is -0.292. The molecule has 0 aliphatic carbocycles. The normalized spacial score (nSPS) is 10.7. The third-order valence-electron chi connectivity index (χ3n) is 2.93. The number of primary amides is 1. The monoisotopic (exact) mass is 250 g/mol. The Morgan fingerprint density at radius 3 is 2.33 bits per heavy atom. The molecule has 0 aliphatic rings. The Morgan fingerprint density at radius 2 is 1.89 bits per heavy atom. The zero-order chi connectivity index (χ0) is 13.7. The maximum Gasteiger partial charge on any atom is 0.231 e. The Labute approximate surface area is 109 Å². The lowest BCUT2D eigenvalue weighted by Crippen LogP contribution is -2.32. The van der Waals surface area contributed by atoms with E-state index in [1.54, 1.807) is 7.11 Å². The first-order chi connectivity index (χ1) is 8.43. The van der Waals surface area contributed by atoms with Gasteiger partial charge < -0.3 is 10.5 Å². The van der Waals surface area contributed by atoms with Crippen LogP contribution in [0.5, 0.6) is 5.75 Å². The van der Waals surface area contributed by atoms with Crippen LogP contribution in [0.3, 0.4) is 0 Å². The van der Waals surface area contributed by atoms with Crippen LogP contribution >= 0.6 is 0 Å². The molecular weight excluding hydrogens is 228 g/mol. The molecule has 0 spiro atoms. The maximum absolute atomic E-state index is 10.8. The Kier molecular flexibility index (Phi) is 5.16. The summed E-state index contributed by atoms with van der Waals surface area (Å²) < 4.78 is 5.34. The minimum Gasteiger partial charge on any atom is -0.496 e. The number of nitrogens with two attached hydrogens (primary N) is 1. The van der Waals surface area contributed by atoms with Crippen LogP contribution in [0, 0.1) is 13.8 Å². The summed E-state index contributed by atoms with van der Waals surface area (Å²) in [5.41, 5.74) is 8.69. The average Bonchev–Trinajstić information content (AvgIpc) is 2.25. The Morgan fingerprint density at radius 1 is 1.33 bits per heavy atom. The molecule has 0 saturated heterocycles. The molecule has 2 N–H and O–H groups in total. The number of carbonyl (C=O) groups excluding carboxylic acids is 1. The van der Waals surface area contributed by atoms with Crippen LogP contribution < -0.4 is 10.5 Å². The molecule has 4 heteroatoms. The van der Waals surface area contributed by atoms with Crippen molar-refractivity contribution in [3.63, 3.8) is 0 Å². The average molecular weight is 250 g/mol. The molecule has 1 amide bonds. The SMILES string of the molecule is COc1c(C)cc(CCN(C)CC(N)=O)cc1C. The van der Waals surface area contributed by atoms with Gasteiger partial charge in [0.25, 0.3) is 0 Å². The van der Waals surface area contributed by atoms with Gasteiger partial charge in [0.1, 0.15) is 5.75 Å². The standard InChI is InChI=1S/C14H22N2O2/c1-10-7-12(8-11(2)14(10)18-4)5-6-16(3)9-13(15)17/h7-8H,5-6,9H2,1-4H3,(H2,15,17). The zero-order valence-electron chi connectivity index (χ0n) is 11.6. The van der Waals surface area contributed by atoms with E-state index in [0.717, 1.165) is 29.8 Å². The van der Waals surface area contributed by atoms with Crippen LogP contribution in [0.25, 0.3) is 0 Å². The minimum absolute atomic E-state index is 0.292. The lowest BCUT2D eigenvalue weighted by Gasteiger charge is -2.16. The van der Waals surface area contributed by atoms with E-state index in [-0.39, 0.29) is 5.91 Å². The molecule has 1 rings (SSSR count). The van der Waals surface area contributed by atoms with Crippen molar-refractivity contribution in [2.24, 2.45) is 5.73 Å². The fourth-order valence-corrected chi connectivity index (χ4v) is 2.17. The first kappa shape index (κ1) is 14.5. The van der Waals surface area contributed by atoms with Crippen LogP contribution in [-0.4, -0.2) is 38.1 Å². The van der Waals surface area contributed by atoms with E-state index in [1.807, 2.05) is 25.8 Å². The number of hydrogen-bond acceptors (Lipinski definition) is 3. The summed E-state index contributed by atoms with van der Waals surface area (Å²) in [5, 5.41) is 0. The molecule has 1 aromatic rings. The van der Waals surface area contributed by atoms with Gasteiger partial charge in [-0.1, -0.05) is 12.1 Å². The van der Waals surface area contributed by atoms with Crippen LogP contribution in [-0.2, 0) is 11.2 Å². The largest absolute Gasteiger partial charge is 0.496 e. The molecule has 18 heavy (non-hydrogen) atoms. The summed E-state index contributed by atoms with van der Waals surface area (Å²) in [4.78, 5) is 12.7. The van der Waals surface area contributed by atoms with E-state index in [1.165, 1.54) is 5.56 Å². The number of benzene rings is 1. The number of methoxy groups -OCH3 is 1. The predicted molar refractivity (Wildman–Crippen MR) is 72.9 cm³/mol. The molecule has 0 heterocycles. The highest BCUT2D eigenvalue weighted by Crippen LogP contribution is 2.24. The van der Waals surface area contributed by atoms with Crippen LogP contribution in [0.15, 0.2) is 12.1 Å². The molecule has 0 saturated carbocycles. The van der Waals surface area contributed by atoms with Gasteiger partial charge in [-0.2, -0.15) is 0 Å². The Bertz CT molecular complexity index is 407. The van der Waals surface area contributed by atoms with E-state index in [9.17, 15) is 4.79 Å². The maximum atomic E-state index is 10.8. The summed E-state index contributed by atoms with van der Waals surface area (Å²) in [5.74, 6) is 0.656. The van der Waals surface area contributed by atoms with Crippen molar-refractivity contribution in [1.82, 2.24) is 4.90 Å². The van der Waals surface area contributed by atoms with Crippen molar-refractivity contribution in [3.05, 3.63) is 28.8 Å². The van der Waals surface area contributed by atoms with Crippen LogP contribution in [0.2, 0.25) is 0 Å². The number of aryl methyl sites for hydroxylation is 2. The second kappa shape index (κ2) is 6.40. The van der Waals surface area contributed by atoms with Crippen molar-refractivity contribution in [2.45, 2.75) is 20.3 Å². The van der Waals surface area contributed by atoms with E-state index >= 15 is 0 Å². The molecule has 0 aliphatic heterocycles. The molecule has 1 aromatic carbocycles. The second-order valence-electron chi connectivity index (χ2n) is 4.72.